The van der Waals surface area contributed by atoms with Gasteiger partial charge in [-0.1, -0.05) is 15.9 Å². The quantitative estimate of drug-likeness (QED) is 0.595. The van der Waals surface area contributed by atoms with Crippen LogP contribution in [0.25, 0.3) is 0 Å². The number of nitrogens with one attached hydrogen (secondary N) is 1. The van der Waals surface area contributed by atoms with Crippen LogP contribution in [0.3, 0.4) is 0 Å². The number of carbonyl (C=O) groups excluding carboxylic acids is 1. The molecule has 2 aromatic carbocycles. The first-order chi connectivity index (χ1) is 9.51. The number of benzene rings is 2. The maximum absolute atomic E-state index is 11.4. The molecule has 0 spiro atoms. The Morgan fingerprint density at radius 1 is 1.15 bits per heavy atom. The zero-order chi connectivity index (χ0) is 14.7. The Balaban J connectivity index is 2.30. The second kappa shape index (κ2) is 6.28. The largest absolute Gasteiger partial charge is 0.465 e. The predicted octanol–water partition coefficient (Wildman–Crippen LogP) is 4.32. The average Bonchev–Trinajstić information content (AvgIpc) is 2.44. The van der Waals surface area contributed by atoms with Crippen LogP contribution >= 0.6 is 31.9 Å². The van der Waals surface area contributed by atoms with Crippen LogP contribution in [0.15, 0.2) is 45.3 Å². The first-order valence-corrected chi connectivity index (χ1v) is 7.30. The van der Waals surface area contributed by atoms with Crippen LogP contribution < -0.4 is 11.1 Å². The van der Waals surface area contributed by atoms with E-state index in [9.17, 15) is 4.79 Å². The van der Waals surface area contributed by atoms with E-state index in [2.05, 4.69) is 41.9 Å². The highest BCUT2D eigenvalue weighted by Gasteiger charge is 2.09. The molecule has 0 aliphatic rings. The van der Waals surface area contributed by atoms with Gasteiger partial charge in [-0.2, -0.15) is 0 Å². The van der Waals surface area contributed by atoms with Gasteiger partial charge in [-0.15, -0.1) is 0 Å². The molecule has 0 aromatic heterocycles. The molecule has 0 saturated heterocycles. The van der Waals surface area contributed by atoms with E-state index in [-0.39, 0.29) is 0 Å². The number of hydrogen-bond donors (Lipinski definition) is 2. The minimum absolute atomic E-state index is 0.410. The fourth-order valence-corrected chi connectivity index (χ4v) is 2.37. The van der Waals surface area contributed by atoms with E-state index in [1.165, 1.54) is 7.11 Å². The highest BCUT2D eigenvalue weighted by Crippen LogP contribution is 2.31. The van der Waals surface area contributed by atoms with Gasteiger partial charge in [-0.25, -0.2) is 4.79 Å². The number of carbonyl (C=O) groups is 1. The Labute approximate surface area is 133 Å². The van der Waals surface area contributed by atoms with Crippen molar-refractivity contribution in [3.05, 3.63) is 50.9 Å². The molecule has 0 bridgehead atoms. The van der Waals surface area contributed by atoms with Crippen LogP contribution in [0.4, 0.5) is 17.1 Å². The molecule has 0 radical (unpaired) electrons. The maximum atomic E-state index is 11.4. The van der Waals surface area contributed by atoms with Gasteiger partial charge in [0.05, 0.1) is 29.7 Å². The number of ether oxygens (including phenoxy) is 1. The molecule has 0 aliphatic heterocycles. The molecule has 6 heteroatoms. The van der Waals surface area contributed by atoms with Crippen LogP contribution in [0.2, 0.25) is 0 Å². The van der Waals surface area contributed by atoms with Gasteiger partial charge in [0.1, 0.15) is 0 Å². The Bertz CT molecular complexity index is 660. The summed E-state index contributed by atoms with van der Waals surface area (Å²) in [5.74, 6) is -0.410. The summed E-state index contributed by atoms with van der Waals surface area (Å²) in [4.78, 5) is 11.4. The summed E-state index contributed by atoms with van der Waals surface area (Å²) >= 11 is 6.88. The fraction of sp³-hybridized carbons (Fsp3) is 0.0714. The number of halogens is 2. The Hall–Kier alpha value is -1.53. The van der Waals surface area contributed by atoms with E-state index >= 15 is 0 Å². The molecule has 0 heterocycles. The van der Waals surface area contributed by atoms with E-state index in [1.54, 1.807) is 18.2 Å². The summed E-state index contributed by atoms with van der Waals surface area (Å²) < 4.78 is 6.52. The zero-order valence-corrected chi connectivity index (χ0v) is 13.8. The van der Waals surface area contributed by atoms with Crippen molar-refractivity contribution in [1.29, 1.82) is 0 Å². The molecule has 3 N–H and O–H groups in total. The SMILES string of the molecule is COC(=O)c1ccc(Nc2cc(Br)ccc2Br)c(N)c1. The molecule has 0 atom stereocenters. The summed E-state index contributed by atoms with van der Waals surface area (Å²) in [5.41, 5.74) is 8.44. The summed E-state index contributed by atoms with van der Waals surface area (Å²) in [6, 6.07) is 10.8. The molecule has 20 heavy (non-hydrogen) atoms. The van der Waals surface area contributed by atoms with Gasteiger partial charge in [0.2, 0.25) is 0 Å². The molecule has 104 valence electrons. The monoisotopic (exact) mass is 398 g/mol. The number of rotatable bonds is 3. The van der Waals surface area contributed by atoms with Crippen LogP contribution in [-0.2, 0) is 4.74 Å². The van der Waals surface area contributed by atoms with E-state index in [0.717, 1.165) is 20.3 Å². The molecular weight excluding hydrogens is 388 g/mol. The maximum Gasteiger partial charge on any atom is 0.337 e. The number of methoxy groups -OCH3 is 1. The number of hydrogen-bond acceptors (Lipinski definition) is 4. The molecule has 0 unspecified atom stereocenters. The van der Waals surface area contributed by atoms with E-state index in [4.69, 9.17) is 5.73 Å². The molecule has 0 saturated carbocycles. The normalized spacial score (nSPS) is 10.2. The van der Waals surface area contributed by atoms with E-state index < -0.39 is 5.97 Å². The molecule has 0 amide bonds. The van der Waals surface area contributed by atoms with Crippen molar-refractivity contribution >= 4 is 54.9 Å². The van der Waals surface area contributed by atoms with Crippen molar-refractivity contribution < 1.29 is 9.53 Å². The highest BCUT2D eigenvalue weighted by atomic mass is 79.9. The molecular formula is C14H12Br2N2O2. The second-order valence-electron chi connectivity index (χ2n) is 4.04. The highest BCUT2D eigenvalue weighted by molar-refractivity contribution is 9.11. The van der Waals surface area contributed by atoms with Gasteiger partial charge >= 0.3 is 5.97 Å². The van der Waals surface area contributed by atoms with Gasteiger partial charge in [-0.3, -0.25) is 0 Å². The summed E-state index contributed by atoms with van der Waals surface area (Å²) in [5, 5.41) is 3.21. The predicted molar refractivity (Wildman–Crippen MR) is 87.3 cm³/mol. The van der Waals surface area contributed by atoms with Crippen molar-refractivity contribution in [1.82, 2.24) is 0 Å². The van der Waals surface area contributed by atoms with E-state index in [1.807, 2.05) is 18.2 Å². The third-order valence-corrected chi connectivity index (χ3v) is 3.86. The zero-order valence-electron chi connectivity index (χ0n) is 10.6. The van der Waals surface area contributed by atoms with Gasteiger partial charge < -0.3 is 15.8 Å². The lowest BCUT2D eigenvalue weighted by Crippen LogP contribution is -2.04. The van der Waals surface area contributed by atoms with Crippen molar-refractivity contribution in [2.45, 2.75) is 0 Å². The minimum Gasteiger partial charge on any atom is -0.465 e. The molecule has 4 nitrogen and oxygen atoms in total. The number of nitrogens with two attached hydrogens (primary N) is 1. The summed E-state index contributed by atoms with van der Waals surface area (Å²) in [6.07, 6.45) is 0. The first kappa shape index (κ1) is 14.9. The molecule has 2 rings (SSSR count). The van der Waals surface area contributed by atoms with Crippen LogP contribution in [0.1, 0.15) is 10.4 Å². The molecule has 2 aromatic rings. The first-order valence-electron chi connectivity index (χ1n) is 5.71. The van der Waals surface area contributed by atoms with E-state index in [0.29, 0.717) is 11.3 Å². The summed E-state index contributed by atoms with van der Waals surface area (Å²) in [7, 11) is 1.34. The molecule has 0 aliphatic carbocycles. The van der Waals surface area contributed by atoms with Gasteiger partial charge in [0.25, 0.3) is 0 Å². The lowest BCUT2D eigenvalue weighted by atomic mass is 10.1. The van der Waals surface area contributed by atoms with Gasteiger partial charge in [-0.05, 0) is 52.3 Å². The Morgan fingerprint density at radius 3 is 2.55 bits per heavy atom. The van der Waals surface area contributed by atoms with Gasteiger partial charge in [0, 0.05) is 8.95 Å². The van der Waals surface area contributed by atoms with Crippen LogP contribution in [0, 0.1) is 0 Å². The topological polar surface area (TPSA) is 64.3 Å². The van der Waals surface area contributed by atoms with Crippen LogP contribution in [-0.4, -0.2) is 13.1 Å². The van der Waals surface area contributed by atoms with Crippen molar-refractivity contribution in [3.8, 4) is 0 Å². The average molecular weight is 400 g/mol. The van der Waals surface area contributed by atoms with Gasteiger partial charge in [0.15, 0.2) is 0 Å². The standard InChI is InChI=1S/C14H12Br2N2O2/c1-20-14(19)8-2-5-12(11(17)6-8)18-13-7-9(15)3-4-10(13)16/h2-7,18H,17H2,1H3. The van der Waals surface area contributed by atoms with Crippen molar-refractivity contribution in [3.63, 3.8) is 0 Å². The minimum atomic E-state index is -0.410. The molecule has 0 fully saturated rings. The lowest BCUT2D eigenvalue weighted by Gasteiger charge is -2.12. The third kappa shape index (κ3) is 3.32. The smallest absolute Gasteiger partial charge is 0.337 e. The number of nitrogen functional groups attached to an aromatic ring is 1. The van der Waals surface area contributed by atoms with Crippen molar-refractivity contribution in [2.75, 3.05) is 18.2 Å². The van der Waals surface area contributed by atoms with Crippen LogP contribution in [0.5, 0.6) is 0 Å². The number of esters is 1. The lowest BCUT2D eigenvalue weighted by molar-refractivity contribution is 0.0601. The second-order valence-corrected chi connectivity index (χ2v) is 5.81. The Morgan fingerprint density at radius 2 is 1.90 bits per heavy atom. The van der Waals surface area contributed by atoms with Crippen molar-refractivity contribution in [2.24, 2.45) is 0 Å². The summed E-state index contributed by atoms with van der Waals surface area (Å²) in [6.45, 7) is 0. The fourth-order valence-electron chi connectivity index (χ4n) is 1.66. The Kier molecular flexibility index (Phi) is 4.67. The third-order valence-electron chi connectivity index (χ3n) is 2.67. The number of anilines is 3.